The molecule has 82 valence electrons. The molecule has 2 aliphatic rings. The van der Waals surface area contributed by atoms with Gasteiger partial charge in [-0.25, -0.2) is 0 Å². The molecule has 1 aromatic carbocycles. The third kappa shape index (κ3) is 1.37. The molecular weight excluding hydrogens is 194 g/mol. The zero-order valence-corrected chi connectivity index (χ0v) is 9.39. The van der Waals surface area contributed by atoms with Gasteiger partial charge in [0, 0.05) is 12.5 Å². The zero-order valence-electron chi connectivity index (χ0n) is 9.39. The maximum atomic E-state index is 6.16. The van der Waals surface area contributed by atoms with E-state index in [1.54, 1.807) is 0 Å². The second-order valence-electron chi connectivity index (χ2n) is 5.08. The fraction of sp³-hybridized carbons (Fsp3) is 0.467. The summed E-state index contributed by atoms with van der Waals surface area (Å²) in [5.74, 6) is 4.84. The van der Waals surface area contributed by atoms with Gasteiger partial charge >= 0.3 is 0 Å². The van der Waals surface area contributed by atoms with Gasteiger partial charge < -0.3 is 5.73 Å². The molecule has 1 nitrogen and oxygen atoms in total. The van der Waals surface area contributed by atoms with E-state index in [1.165, 1.54) is 24.0 Å². The van der Waals surface area contributed by atoms with Crippen molar-refractivity contribution in [2.24, 2.45) is 17.6 Å². The Balaban J connectivity index is 1.85. The van der Waals surface area contributed by atoms with Crippen molar-refractivity contribution in [3.63, 3.8) is 0 Å². The number of hydrogen-bond acceptors (Lipinski definition) is 1. The van der Waals surface area contributed by atoms with Gasteiger partial charge in [-0.05, 0) is 41.7 Å². The zero-order chi connectivity index (χ0) is 11.1. The van der Waals surface area contributed by atoms with Crippen LogP contribution in [0.3, 0.4) is 0 Å². The first-order valence-corrected chi connectivity index (χ1v) is 6.09. The quantitative estimate of drug-likeness (QED) is 0.746. The van der Waals surface area contributed by atoms with Crippen molar-refractivity contribution >= 4 is 0 Å². The third-order valence-corrected chi connectivity index (χ3v) is 4.24. The Kier molecular flexibility index (Phi) is 2.26. The summed E-state index contributed by atoms with van der Waals surface area (Å²) in [5.41, 5.74) is 9.23. The lowest BCUT2D eigenvalue weighted by molar-refractivity contribution is 0.543. The predicted octanol–water partition coefficient (Wildman–Crippen LogP) is 2.31. The molecule has 2 aliphatic carbocycles. The van der Waals surface area contributed by atoms with Crippen LogP contribution in [0.2, 0.25) is 0 Å². The molecule has 1 aromatic rings. The number of terminal acetylenes is 1. The monoisotopic (exact) mass is 211 g/mol. The molecule has 0 heterocycles. The van der Waals surface area contributed by atoms with Gasteiger partial charge in [0.1, 0.15) is 0 Å². The number of rotatable bonds is 2. The summed E-state index contributed by atoms with van der Waals surface area (Å²) in [6.07, 6.45) is 8.59. The van der Waals surface area contributed by atoms with Crippen molar-refractivity contribution < 1.29 is 0 Å². The highest BCUT2D eigenvalue weighted by molar-refractivity contribution is 5.40. The van der Waals surface area contributed by atoms with Crippen molar-refractivity contribution in [2.45, 2.75) is 31.2 Å². The molecule has 4 atom stereocenters. The van der Waals surface area contributed by atoms with Gasteiger partial charge in [-0.1, -0.05) is 24.3 Å². The minimum absolute atomic E-state index is 0.200. The molecule has 0 saturated heterocycles. The minimum Gasteiger partial charge on any atom is -0.327 e. The Labute approximate surface area is 97.0 Å². The van der Waals surface area contributed by atoms with Crippen molar-refractivity contribution in [1.82, 2.24) is 0 Å². The Hall–Kier alpha value is -1.26. The second-order valence-corrected chi connectivity index (χ2v) is 5.08. The lowest BCUT2D eigenvalue weighted by atomic mass is 9.92. The lowest BCUT2D eigenvalue weighted by Crippen LogP contribution is -2.23. The van der Waals surface area contributed by atoms with E-state index in [0.717, 1.165) is 12.3 Å². The van der Waals surface area contributed by atoms with E-state index < -0.39 is 0 Å². The predicted molar refractivity (Wildman–Crippen MR) is 65.9 cm³/mol. The topological polar surface area (TPSA) is 26.0 Å². The van der Waals surface area contributed by atoms with Crippen LogP contribution < -0.4 is 5.73 Å². The summed E-state index contributed by atoms with van der Waals surface area (Å²) in [5, 5.41) is 0. The SMILES string of the molecule is C#CCC(N)C1C2CCc3ccccc3C21. The molecule has 0 aliphatic heterocycles. The summed E-state index contributed by atoms with van der Waals surface area (Å²) >= 11 is 0. The Morgan fingerprint density at radius 1 is 1.44 bits per heavy atom. The fourth-order valence-corrected chi connectivity index (χ4v) is 3.48. The summed E-state index contributed by atoms with van der Waals surface area (Å²) in [6, 6.07) is 9.01. The lowest BCUT2D eigenvalue weighted by Gasteiger charge is -2.13. The molecule has 1 fully saturated rings. The van der Waals surface area contributed by atoms with Crippen molar-refractivity contribution in [3.05, 3.63) is 35.4 Å². The Morgan fingerprint density at radius 2 is 2.25 bits per heavy atom. The maximum absolute atomic E-state index is 6.16. The molecule has 0 spiro atoms. The van der Waals surface area contributed by atoms with Crippen molar-refractivity contribution in [2.75, 3.05) is 0 Å². The van der Waals surface area contributed by atoms with Gasteiger partial charge in [-0.15, -0.1) is 12.3 Å². The standard InChI is InChI=1S/C15H17N/c1-2-5-13(16)15-12-9-8-10-6-3-4-7-11(10)14(12)15/h1,3-4,6-7,12-15H,5,8-9,16H2. The molecule has 0 amide bonds. The number of fused-ring (bicyclic) bond motifs is 3. The first kappa shape index (κ1) is 9.93. The van der Waals surface area contributed by atoms with Crippen LogP contribution in [0.4, 0.5) is 0 Å². The van der Waals surface area contributed by atoms with E-state index in [4.69, 9.17) is 12.2 Å². The van der Waals surface area contributed by atoms with Crippen LogP contribution in [-0.2, 0) is 6.42 Å². The van der Waals surface area contributed by atoms with Gasteiger partial charge in [0.05, 0.1) is 0 Å². The van der Waals surface area contributed by atoms with Crippen LogP contribution >= 0.6 is 0 Å². The van der Waals surface area contributed by atoms with Crippen LogP contribution in [0.25, 0.3) is 0 Å². The largest absolute Gasteiger partial charge is 0.327 e. The molecule has 1 saturated carbocycles. The summed E-state index contributed by atoms with van der Waals surface area (Å²) in [4.78, 5) is 0. The number of benzene rings is 1. The van der Waals surface area contributed by atoms with Crippen molar-refractivity contribution in [1.29, 1.82) is 0 Å². The molecule has 2 N–H and O–H groups in total. The smallest absolute Gasteiger partial charge is 0.0241 e. The van der Waals surface area contributed by atoms with E-state index in [9.17, 15) is 0 Å². The van der Waals surface area contributed by atoms with Crippen LogP contribution in [-0.4, -0.2) is 6.04 Å². The normalized spacial score (nSPS) is 32.1. The summed E-state index contributed by atoms with van der Waals surface area (Å²) in [6.45, 7) is 0. The molecule has 0 radical (unpaired) electrons. The molecule has 3 rings (SSSR count). The van der Waals surface area contributed by atoms with Gasteiger partial charge in [0.25, 0.3) is 0 Å². The Bertz CT molecular complexity index is 443. The van der Waals surface area contributed by atoms with E-state index in [-0.39, 0.29) is 6.04 Å². The van der Waals surface area contributed by atoms with E-state index in [1.807, 2.05) is 0 Å². The fourth-order valence-electron chi connectivity index (χ4n) is 3.48. The number of nitrogens with two attached hydrogens (primary N) is 1. The second kappa shape index (κ2) is 3.64. The number of hydrogen-bond donors (Lipinski definition) is 1. The third-order valence-electron chi connectivity index (χ3n) is 4.24. The van der Waals surface area contributed by atoms with Gasteiger partial charge in [0.15, 0.2) is 0 Å². The van der Waals surface area contributed by atoms with Crippen LogP contribution in [0.5, 0.6) is 0 Å². The van der Waals surface area contributed by atoms with E-state index in [0.29, 0.717) is 11.8 Å². The highest BCUT2D eigenvalue weighted by Gasteiger charge is 2.55. The van der Waals surface area contributed by atoms with Crippen LogP contribution in [0, 0.1) is 24.2 Å². The highest BCUT2D eigenvalue weighted by atomic mass is 14.7. The van der Waals surface area contributed by atoms with E-state index in [2.05, 4.69) is 30.2 Å². The van der Waals surface area contributed by atoms with Crippen LogP contribution in [0.15, 0.2) is 24.3 Å². The highest BCUT2D eigenvalue weighted by Crippen LogP contribution is 2.61. The average molecular weight is 211 g/mol. The van der Waals surface area contributed by atoms with Gasteiger partial charge in [-0.3, -0.25) is 0 Å². The van der Waals surface area contributed by atoms with Crippen LogP contribution in [0.1, 0.15) is 29.9 Å². The molecule has 0 bridgehead atoms. The molecule has 0 aromatic heterocycles. The minimum atomic E-state index is 0.200. The molecule has 16 heavy (non-hydrogen) atoms. The first-order chi connectivity index (χ1) is 7.83. The molecule has 4 unspecified atom stereocenters. The van der Waals surface area contributed by atoms with Gasteiger partial charge in [0.2, 0.25) is 0 Å². The average Bonchev–Trinajstić information content (AvgIpc) is 3.04. The molecular formula is C15H17N. The summed E-state index contributed by atoms with van der Waals surface area (Å²) < 4.78 is 0. The molecule has 1 heteroatoms. The summed E-state index contributed by atoms with van der Waals surface area (Å²) in [7, 11) is 0. The van der Waals surface area contributed by atoms with Crippen molar-refractivity contribution in [3.8, 4) is 12.3 Å². The van der Waals surface area contributed by atoms with E-state index >= 15 is 0 Å². The Morgan fingerprint density at radius 3 is 3.06 bits per heavy atom. The first-order valence-electron chi connectivity index (χ1n) is 6.09. The number of aryl methyl sites for hydroxylation is 1. The maximum Gasteiger partial charge on any atom is 0.0241 e. The van der Waals surface area contributed by atoms with Gasteiger partial charge in [-0.2, -0.15) is 0 Å².